The van der Waals surface area contributed by atoms with Crippen LogP contribution in [0, 0.1) is 11.3 Å². The maximum absolute atomic E-state index is 12.6. The molecule has 1 saturated heterocycles. The van der Waals surface area contributed by atoms with Crippen LogP contribution in [0.25, 0.3) is 0 Å². The number of carbonyl (C=O) groups is 2. The molecule has 2 aromatic carbocycles. The third kappa shape index (κ3) is 4.41. The second-order valence-electron chi connectivity index (χ2n) is 6.33. The number of esters is 1. The molecule has 7 heteroatoms. The van der Waals surface area contributed by atoms with Crippen LogP contribution in [0.15, 0.2) is 48.5 Å². The first-order valence-corrected chi connectivity index (χ1v) is 9.19. The van der Waals surface area contributed by atoms with Crippen molar-refractivity contribution < 1.29 is 14.3 Å². The summed E-state index contributed by atoms with van der Waals surface area (Å²) >= 11 is 0. The summed E-state index contributed by atoms with van der Waals surface area (Å²) in [6.07, 6.45) is 0. The van der Waals surface area contributed by atoms with Gasteiger partial charge in [-0.2, -0.15) is 5.26 Å². The highest BCUT2D eigenvalue weighted by Crippen LogP contribution is 2.20. The smallest absolute Gasteiger partial charge is 0.340 e. The van der Waals surface area contributed by atoms with Crippen molar-refractivity contribution in [3.8, 4) is 6.07 Å². The van der Waals surface area contributed by atoms with Crippen LogP contribution in [-0.4, -0.2) is 49.7 Å². The van der Waals surface area contributed by atoms with E-state index in [4.69, 9.17) is 10.00 Å². The molecule has 0 saturated carbocycles. The number of hydrogen-bond acceptors (Lipinski definition) is 5. The molecule has 1 heterocycles. The van der Waals surface area contributed by atoms with Crippen molar-refractivity contribution in [3.05, 3.63) is 59.7 Å². The van der Waals surface area contributed by atoms with Crippen molar-refractivity contribution in [2.24, 2.45) is 0 Å². The van der Waals surface area contributed by atoms with Gasteiger partial charge in [-0.3, -0.25) is 0 Å². The van der Waals surface area contributed by atoms with E-state index in [0.29, 0.717) is 43.0 Å². The molecule has 0 aliphatic carbocycles. The average Bonchev–Trinajstić information content (AvgIpc) is 2.74. The number of urea groups is 1. The molecule has 0 bridgehead atoms. The molecule has 144 valence electrons. The molecule has 2 aromatic rings. The van der Waals surface area contributed by atoms with Crippen molar-refractivity contribution in [1.82, 2.24) is 4.90 Å². The van der Waals surface area contributed by atoms with Crippen LogP contribution in [-0.2, 0) is 4.74 Å². The van der Waals surface area contributed by atoms with Gasteiger partial charge in [0.25, 0.3) is 0 Å². The highest BCUT2D eigenvalue weighted by atomic mass is 16.5. The number of benzene rings is 2. The number of anilines is 2. The summed E-state index contributed by atoms with van der Waals surface area (Å²) in [6, 6.07) is 16.2. The molecule has 0 radical (unpaired) electrons. The van der Waals surface area contributed by atoms with Gasteiger partial charge in [-0.1, -0.05) is 18.2 Å². The van der Waals surface area contributed by atoms with Gasteiger partial charge in [0.2, 0.25) is 0 Å². The molecule has 1 aliphatic heterocycles. The number of para-hydroxylation sites is 1. The lowest BCUT2D eigenvalue weighted by atomic mass is 10.1. The summed E-state index contributed by atoms with van der Waals surface area (Å²) in [7, 11) is 0. The van der Waals surface area contributed by atoms with Gasteiger partial charge in [-0.25, -0.2) is 9.59 Å². The third-order valence-corrected chi connectivity index (χ3v) is 4.57. The molecule has 3 rings (SSSR count). The number of piperazine rings is 1. The van der Waals surface area contributed by atoms with Crippen LogP contribution in [0.1, 0.15) is 22.8 Å². The number of carbonyl (C=O) groups excluding carboxylic acids is 2. The lowest BCUT2D eigenvalue weighted by Gasteiger charge is -2.36. The van der Waals surface area contributed by atoms with E-state index in [1.54, 1.807) is 42.2 Å². The molecule has 2 amide bonds. The normalized spacial score (nSPS) is 13.6. The molecule has 7 nitrogen and oxygen atoms in total. The van der Waals surface area contributed by atoms with E-state index in [-0.39, 0.29) is 12.6 Å². The zero-order valence-electron chi connectivity index (χ0n) is 15.7. The Kier molecular flexibility index (Phi) is 6.12. The Morgan fingerprint density at radius 2 is 1.86 bits per heavy atom. The summed E-state index contributed by atoms with van der Waals surface area (Å²) in [6.45, 7) is 4.44. The summed E-state index contributed by atoms with van der Waals surface area (Å²) in [5.41, 5.74) is 2.37. The van der Waals surface area contributed by atoms with E-state index in [9.17, 15) is 9.59 Å². The van der Waals surface area contributed by atoms with Crippen molar-refractivity contribution in [1.29, 1.82) is 5.26 Å². The second-order valence-corrected chi connectivity index (χ2v) is 6.33. The average molecular weight is 378 g/mol. The monoisotopic (exact) mass is 378 g/mol. The Bertz CT molecular complexity index is 899. The number of nitrogens with one attached hydrogen (secondary N) is 1. The Morgan fingerprint density at radius 3 is 2.57 bits per heavy atom. The predicted molar refractivity (Wildman–Crippen MR) is 106 cm³/mol. The maximum atomic E-state index is 12.6. The number of nitrogens with zero attached hydrogens (tertiary/aromatic N) is 3. The van der Waals surface area contributed by atoms with Crippen LogP contribution < -0.4 is 10.2 Å². The lowest BCUT2D eigenvalue weighted by Crippen LogP contribution is -2.50. The number of rotatable bonds is 4. The van der Waals surface area contributed by atoms with Gasteiger partial charge < -0.3 is 19.9 Å². The van der Waals surface area contributed by atoms with Crippen LogP contribution in [0.3, 0.4) is 0 Å². The topological polar surface area (TPSA) is 85.7 Å². The third-order valence-electron chi connectivity index (χ3n) is 4.57. The fourth-order valence-electron chi connectivity index (χ4n) is 3.11. The van der Waals surface area contributed by atoms with Gasteiger partial charge in [0, 0.05) is 31.9 Å². The van der Waals surface area contributed by atoms with Crippen molar-refractivity contribution in [2.75, 3.05) is 43.0 Å². The molecule has 1 fully saturated rings. The van der Waals surface area contributed by atoms with Crippen LogP contribution >= 0.6 is 0 Å². The summed E-state index contributed by atoms with van der Waals surface area (Å²) < 4.78 is 5.04. The van der Waals surface area contributed by atoms with Crippen molar-refractivity contribution >= 4 is 23.4 Å². The summed E-state index contributed by atoms with van der Waals surface area (Å²) in [5.74, 6) is -0.458. The van der Waals surface area contributed by atoms with Gasteiger partial charge in [-0.15, -0.1) is 0 Å². The Morgan fingerprint density at radius 1 is 1.11 bits per heavy atom. The van der Waals surface area contributed by atoms with Crippen molar-refractivity contribution in [3.63, 3.8) is 0 Å². The van der Waals surface area contributed by atoms with E-state index < -0.39 is 5.97 Å². The predicted octanol–water partition coefficient (Wildman–Crippen LogP) is 3.09. The Balaban J connectivity index is 1.62. The van der Waals surface area contributed by atoms with E-state index in [1.807, 2.05) is 18.2 Å². The zero-order chi connectivity index (χ0) is 19.9. The summed E-state index contributed by atoms with van der Waals surface area (Å²) in [5, 5.41) is 11.9. The van der Waals surface area contributed by atoms with Crippen molar-refractivity contribution in [2.45, 2.75) is 6.92 Å². The number of ether oxygens (including phenoxy) is 1. The number of nitriles is 1. The maximum Gasteiger partial charge on any atom is 0.340 e. The van der Waals surface area contributed by atoms with Crippen LogP contribution in [0.4, 0.5) is 16.2 Å². The first-order valence-electron chi connectivity index (χ1n) is 9.19. The fraction of sp³-hybridized carbons (Fsp3) is 0.286. The standard InChI is InChI=1S/C21H22N4O3/c1-2-28-20(26)18-8-3-4-9-19(18)23-21(27)25-12-10-24(11-13-25)17-7-5-6-16(14-17)15-22/h3-9,14H,2,10-13H2,1H3,(H,23,27). The molecular formula is C21H22N4O3. The molecule has 0 spiro atoms. The van der Waals surface area contributed by atoms with E-state index in [2.05, 4.69) is 16.3 Å². The second kappa shape index (κ2) is 8.91. The highest BCUT2D eigenvalue weighted by molar-refractivity contribution is 6.00. The molecule has 1 aliphatic rings. The van der Waals surface area contributed by atoms with Gasteiger partial charge in [0.05, 0.1) is 29.5 Å². The summed E-state index contributed by atoms with van der Waals surface area (Å²) in [4.78, 5) is 28.6. The van der Waals surface area contributed by atoms with Gasteiger partial charge >= 0.3 is 12.0 Å². The van der Waals surface area contributed by atoms with E-state index >= 15 is 0 Å². The SMILES string of the molecule is CCOC(=O)c1ccccc1NC(=O)N1CCN(c2cccc(C#N)c2)CC1. The van der Waals surface area contributed by atoms with Gasteiger partial charge in [0.1, 0.15) is 0 Å². The van der Waals surface area contributed by atoms with Crippen LogP contribution in [0.2, 0.25) is 0 Å². The Hall–Kier alpha value is -3.53. The van der Waals surface area contributed by atoms with E-state index in [1.165, 1.54) is 0 Å². The number of hydrogen-bond donors (Lipinski definition) is 1. The molecule has 0 unspecified atom stereocenters. The first kappa shape index (κ1) is 19.2. The minimum atomic E-state index is -0.458. The minimum absolute atomic E-state index is 0.248. The lowest BCUT2D eigenvalue weighted by molar-refractivity contribution is 0.0527. The van der Waals surface area contributed by atoms with E-state index in [0.717, 1.165) is 5.69 Å². The zero-order valence-corrected chi connectivity index (χ0v) is 15.7. The van der Waals surface area contributed by atoms with Gasteiger partial charge in [-0.05, 0) is 37.3 Å². The molecule has 0 atom stereocenters. The van der Waals surface area contributed by atoms with Gasteiger partial charge in [0.15, 0.2) is 0 Å². The first-order chi connectivity index (χ1) is 13.6. The minimum Gasteiger partial charge on any atom is -0.462 e. The largest absolute Gasteiger partial charge is 0.462 e. The molecule has 0 aromatic heterocycles. The van der Waals surface area contributed by atoms with Crippen LogP contribution in [0.5, 0.6) is 0 Å². The molecule has 28 heavy (non-hydrogen) atoms. The molecule has 1 N–H and O–H groups in total. The fourth-order valence-corrected chi connectivity index (χ4v) is 3.11. The highest BCUT2D eigenvalue weighted by Gasteiger charge is 2.23. The quantitative estimate of drug-likeness (QED) is 0.827. The number of amides is 2. The Labute approximate surface area is 164 Å². The molecular weight excluding hydrogens is 356 g/mol.